The molecular weight excluding hydrogens is 726 g/mol. The Balaban J connectivity index is 1.16. The molecule has 1 saturated carbocycles. The van der Waals surface area contributed by atoms with Crippen molar-refractivity contribution in [2.75, 3.05) is 31.2 Å². The maximum absolute atomic E-state index is 13.5. The van der Waals surface area contributed by atoms with Crippen molar-refractivity contribution in [2.24, 2.45) is 16.8 Å². The molecule has 4 aliphatic heterocycles. The molecule has 8 rings (SSSR count). The summed E-state index contributed by atoms with van der Waals surface area (Å²) in [5.41, 5.74) is 0.451. The number of ether oxygens (including phenoxy) is 1. The number of nitrogens with one attached hydrogen (secondary N) is 1. The predicted molar refractivity (Wildman–Crippen MR) is 202 cm³/mol. The summed E-state index contributed by atoms with van der Waals surface area (Å²) in [4.78, 5) is 44.4. The summed E-state index contributed by atoms with van der Waals surface area (Å²) >= 11 is 0. The molecule has 2 fully saturated rings. The molecule has 1 saturated heterocycles. The summed E-state index contributed by atoms with van der Waals surface area (Å²) in [6.45, 7) is 1.21. The maximum atomic E-state index is 13.5. The van der Waals surface area contributed by atoms with Crippen LogP contribution >= 0.6 is 0 Å². The molecule has 3 aromatic rings. The molecule has 2 aromatic carbocycles. The van der Waals surface area contributed by atoms with Gasteiger partial charge in [0.15, 0.2) is 16.8 Å². The van der Waals surface area contributed by atoms with Crippen molar-refractivity contribution in [2.45, 2.75) is 87.5 Å². The number of carbonyl (C=O) groups is 1. The minimum atomic E-state index is -2.25. The van der Waals surface area contributed by atoms with Crippen LogP contribution in [-0.2, 0) is 27.4 Å². The summed E-state index contributed by atoms with van der Waals surface area (Å²) in [5, 5.41) is 66.6. The van der Waals surface area contributed by atoms with Crippen LogP contribution < -0.4 is 20.4 Å². The van der Waals surface area contributed by atoms with Gasteiger partial charge < -0.3 is 50.0 Å². The largest absolute Gasteiger partial charge is 0.508 e. The van der Waals surface area contributed by atoms with Crippen molar-refractivity contribution in [3.05, 3.63) is 87.1 Å². The molecule has 56 heavy (non-hydrogen) atoms. The zero-order chi connectivity index (χ0) is 39.4. The number of aliphatic hydroxyl groups excluding tert-OH is 4. The summed E-state index contributed by atoms with van der Waals surface area (Å²) in [6.07, 6.45) is 2.10. The van der Waals surface area contributed by atoms with Crippen molar-refractivity contribution in [3.63, 3.8) is 0 Å². The van der Waals surface area contributed by atoms with Gasteiger partial charge in [0.25, 0.3) is 0 Å². The third kappa shape index (κ3) is 7.13. The van der Waals surface area contributed by atoms with Gasteiger partial charge >= 0.3 is 0 Å². The number of rotatable bonds is 12. The third-order valence-corrected chi connectivity index (χ3v) is 12.0. The SMILES string of the molecule is Cc1cc(=O)c2cc3c(c(N4C=C5N=CC=C5C4)c2o1)O[C@@]1(CCC[C@H]([C@@H]2CNC(=O)C2)C1)[C@H](OOC[C@@](O)(Cc1ccc(O)cc1)[C@@H](O)[C@H](O)[C@H](O)CO)C3. The summed E-state index contributed by atoms with van der Waals surface area (Å²) in [5.74, 6) is 1.15. The van der Waals surface area contributed by atoms with Gasteiger partial charge in [-0.3, -0.25) is 14.6 Å². The van der Waals surface area contributed by atoms with Crippen molar-refractivity contribution in [1.82, 2.24) is 5.32 Å². The van der Waals surface area contributed by atoms with Crippen molar-refractivity contribution in [3.8, 4) is 11.5 Å². The van der Waals surface area contributed by atoms with Gasteiger partial charge in [-0.15, -0.1) is 0 Å². The van der Waals surface area contributed by atoms with E-state index in [1.807, 2.05) is 17.2 Å². The Kier molecular flexibility index (Phi) is 10.3. The number of aryl methyl sites for hydroxylation is 1. The van der Waals surface area contributed by atoms with E-state index in [0.717, 1.165) is 24.1 Å². The fourth-order valence-corrected chi connectivity index (χ4v) is 9.00. The molecule has 1 spiro atoms. The molecule has 15 heteroatoms. The molecule has 7 N–H and O–H groups in total. The number of phenols is 1. The van der Waals surface area contributed by atoms with Crippen LogP contribution in [0.4, 0.5) is 5.69 Å². The summed E-state index contributed by atoms with van der Waals surface area (Å²) < 4.78 is 13.5. The Morgan fingerprint density at radius 1 is 1.12 bits per heavy atom. The summed E-state index contributed by atoms with van der Waals surface area (Å²) in [7, 11) is 0. The minimum absolute atomic E-state index is 0.00405. The number of nitrogens with zero attached hydrogens (tertiary/aromatic N) is 2. The van der Waals surface area contributed by atoms with E-state index in [2.05, 4.69) is 10.3 Å². The minimum Gasteiger partial charge on any atom is -0.508 e. The van der Waals surface area contributed by atoms with Gasteiger partial charge in [0.1, 0.15) is 59.4 Å². The molecule has 5 aliphatic rings. The molecule has 0 radical (unpaired) electrons. The molecule has 0 unspecified atom stereocenters. The van der Waals surface area contributed by atoms with Gasteiger partial charge in [-0.05, 0) is 74.3 Å². The number of aliphatic imine (C=N–C) groups is 1. The number of aromatic hydroxyl groups is 1. The van der Waals surface area contributed by atoms with Crippen LogP contribution in [0.15, 0.2) is 74.1 Å². The monoisotopic (exact) mass is 773 g/mol. The van der Waals surface area contributed by atoms with Crippen LogP contribution in [0.5, 0.6) is 11.5 Å². The van der Waals surface area contributed by atoms with E-state index < -0.39 is 48.8 Å². The highest BCUT2D eigenvalue weighted by molar-refractivity contribution is 5.96. The highest BCUT2D eigenvalue weighted by Gasteiger charge is 2.53. The maximum Gasteiger partial charge on any atom is 0.220 e. The van der Waals surface area contributed by atoms with E-state index in [9.17, 15) is 40.2 Å². The Labute approximate surface area is 322 Å². The van der Waals surface area contributed by atoms with E-state index in [1.54, 1.807) is 19.2 Å². The smallest absolute Gasteiger partial charge is 0.220 e. The second-order valence-electron chi connectivity index (χ2n) is 15.9. The Hall–Kier alpha value is -4.61. The van der Waals surface area contributed by atoms with E-state index in [4.69, 9.17) is 18.9 Å². The third-order valence-electron chi connectivity index (χ3n) is 12.0. The number of amides is 1. The number of anilines is 1. The lowest BCUT2D eigenvalue weighted by Crippen LogP contribution is -2.58. The Morgan fingerprint density at radius 2 is 1.93 bits per heavy atom. The summed E-state index contributed by atoms with van der Waals surface area (Å²) in [6, 6.07) is 9.06. The molecule has 0 bridgehead atoms. The van der Waals surface area contributed by atoms with Crippen LogP contribution in [0.25, 0.3) is 11.0 Å². The van der Waals surface area contributed by atoms with Crippen LogP contribution in [0, 0.1) is 18.8 Å². The first-order chi connectivity index (χ1) is 26.9. The molecular formula is C41H47N3O12. The molecule has 298 valence electrons. The number of phenolic OH excluding ortho intramolecular Hbond substituents is 1. The number of fused-ring (bicyclic) bond motifs is 3. The quantitative estimate of drug-likeness (QED) is 0.103. The fraction of sp³-hybridized carbons (Fsp3) is 0.488. The first-order valence-electron chi connectivity index (χ1n) is 19.1. The van der Waals surface area contributed by atoms with Crippen LogP contribution in [0.1, 0.15) is 49.0 Å². The number of aliphatic hydroxyl groups is 5. The van der Waals surface area contributed by atoms with Crippen LogP contribution in [0.3, 0.4) is 0 Å². The molecule has 8 atom stereocenters. The first kappa shape index (κ1) is 38.3. The van der Waals surface area contributed by atoms with Gasteiger partial charge in [-0.2, -0.15) is 0 Å². The molecule has 1 aromatic heterocycles. The highest BCUT2D eigenvalue weighted by atomic mass is 17.2. The number of hydrogen-bond acceptors (Lipinski definition) is 14. The molecule has 5 heterocycles. The van der Waals surface area contributed by atoms with E-state index >= 15 is 0 Å². The van der Waals surface area contributed by atoms with Crippen molar-refractivity contribution in [1.29, 1.82) is 0 Å². The Bertz CT molecular complexity index is 2150. The molecule has 1 amide bonds. The molecule has 15 nitrogen and oxygen atoms in total. The van der Waals surface area contributed by atoms with E-state index in [-0.39, 0.29) is 41.8 Å². The lowest BCUT2D eigenvalue weighted by atomic mass is 9.68. The second-order valence-corrected chi connectivity index (χ2v) is 15.9. The van der Waals surface area contributed by atoms with Gasteiger partial charge in [0, 0.05) is 55.4 Å². The van der Waals surface area contributed by atoms with Crippen molar-refractivity contribution < 1.29 is 54.4 Å². The van der Waals surface area contributed by atoms with E-state index in [1.165, 1.54) is 30.3 Å². The average molecular weight is 774 g/mol. The van der Waals surface area contributed by atoms with Crippen LogP contribution in [0.2, 0.25) is 0 Å². The number of carbonyl (C=O) groups excluding carboxylic acids is 1. The van der Waals surface area contributed by atoms with Gasteiger partial charge in [-0.25, -0.2) is 9.78 Å². The van der Waals surface area contributed by atoms with Gasteiger partial charge in [0.2, 0.25) is 5.91 Å². The zero-order valence-corrected chi connectivity index (χ0v) is 31.0. The second kappa shape index (κ2) is 15.0. The molecule has 1 aliphatic carbocycles. The predicted octanol–water partition coefficient (Wildman–Crippen LogP) is 1.84. The van der Waals surface area contributed by atoms with Crippen LogP contribution in [-0.4, -0.2) is 105 Å². The highest BCUT2D eigenvalue weighted by Crippen LogP contribution is 2.52. The lowest BCUT2D eigenvalue weighted by Gasteiger charge is -2.49. The normalized spacial score (nSPS) is 26.9. The van der Waals surface area contributed by atoms with Gasteiger partial charge in [0.05, 0.1) is 24.2 Å². The average Bonchev–Trinajstić information content (AvgIpc) is 3.92. The van der Waals surface area contributed by atoms with Gasteiger partial charge in [-0.1, -0.05) is 12.1 Å². The van der Waals surface area contributed by atoms with Crippen molar-refractivity contribution >= 4 is 28.8 Å². The fourth-order valence-electron chi connectivity index (χ4n) is 9.00. The number of benzene rings is 2. The Morgan fingerprint density at radius 3 is 2.66 bits per heavy atom. The standard InChI is InChI=1S/C41H47N3O12/c1-22-11-31(47)29-12-26-13-33(56-53-21-40(52,39(51)36(50)32(48)20-45)15-23-4-6-28(46)7-5-23)41(9-2-3-24(16-41)27-14-34(49)43-17-27)55-37(26)35(38(29)54-22)44-18-25-8-10-42-30(25)19-44/h4-8,10-12,19,24,27,32-33,36,39,45-46,48,50-52H,2-3,9,13-18,20-21H2,1H3,(H,43,49)/t24-,27-,32+,33+,36+,39-,40-,41+/m0/s1. The van der Waals surface area contributed by atoms with E-state index in [0.29, 0.717) is 71.6 Å². The number of allylic oxidation sites excluding steroid dienone is 1. The first-order valence-corrected chi connectivity index (χ1v) is 19.1. The number of hydrogen-bond donors (Lipinski definition) is 7. The zero-order valence-electron chi connectivity index (χ0n) is 31.0. The topological polar surface area (TPSA) is 224 Å². The lowest BCUT2D eigenvalue weighted by molar-refractivity contribution is -0.374.